The molecule has 10 heteroatoms. The predicted molar refractivity (Wildman–Crippen MR) is 155 cm³/mol. The lowest BCUT2D eigenvalue weighted by molar-refractivity contribution is -0.139. The van der Waals surface area contributed by atoms with E-state index in [1.807, 2.05) is 37.2 Å². The van der Waals surface area contributed by atoms with Crippen LogP contribution in [0, 0.1) is 27.7 Å². The number of benzene rings is 3. The van der Waals surface area contributed by atoms with Gasteiger partial charge in [0.05, 0.1) is 4.90 Å². The molecule has 0 aromatic heterocycles. The van der Waals surface area contributed by atoms with Gasteiger partial charge in [0.15, 0.2) is 0 Å². The van der Waals surface area contributed by atoms with Gasteiger partial charge in [0.2, 0.25) is 0 Å². The number of halogens is 1. The largest absolute Gasteiger partial charge is 0.480 e. The average Bonchev–Trinajstić information content (AvgIpc) is 2.83. The number of aryl methyl sites for hydroxylation is 4. The second-order valence-electron chi connectivity index (χ2n) is 9.99. The molecule has 3 aromatic carbocycles. The zero-order valence-corrected chi connectivity index (χ0v) is 24.5. The van der Waals surface area contributed by atoms with E-state index < -0.39 is 27.9 Å². The molecular weight excluding hydrogens is 538 g/mol. The van der Waals surface area contributed by atoms with Crippen LogP contribution in [0.3, 0.4) is 0 Å². The minimum Gasteiger partial charge on any atom is -0.480 e. The molecule has 0 aliphatic heterocycles. The molecule has 1 atom stereocenters. The van der Waals surface area contributed by atoms with Crippen molar-refractivity contribution in [2.75, 3.05) is 25.4 Å². The molecule has 0 aliphatic rings. The van der Waals surface area contributed by atoms with Crippen molar-refractivity contribution in [2.24, 2.45) is 0 Å². The molecule has 0 unspecified atom stereocenters. The number of anilines is 1. The molecule has 1 amide bonds. The van der Waals surface area contributed by atoms with Gasteiger partial charge >= 0.3 is 5.97 Å². The Bertz CT molecular complexity index is 1500. The minimum absolute atomic E-state index is 0.155. The van der Waals surface area contributed by atoms with Crippen LogP contribution < -0.4 is 10.0 Å². The molecule has 3 aromatic rings. The van der Waals surface area contributed by atoms with Crippen LogP contribution in [0.5, 0.6) is 0 Å². The van der Waals surface area contributed by atoms with Gasteiger partial charge in [0, 0.05) is 22.8 Å². The van der Waals surface area contributed by atoms with Crippen LogP contribution in [-0.4, -0.2) is 57.0 Å². The fourth-order valence-corrected chi connectivity index (χ4v) is 5.96. The van der Waals surface area contributed by atoms with E-state index >= 15 is 0 Å². The molecule has 3 rings (SSSR count). The zero-order valence-electron chi connectivity index (χ0n) is 22.9. The highest BCUT2D eigenvalue weighted by atomic mass is 35.5. The topological polar surface area (TPSA) is 116 Å². The van der Waals surface area contributed by atoms with Crippen molar-refractivity contribution in [3.63, 3.8) is 0 Å². The number of hydrogen-bond acceptors (Lipinski definition) is 5. The van der Waals surface area contributed by atoms with Gasteiger partial charge in [-0.05, 0) is 106 Å². The first-order chi connectivity index (χ1) is 18.2. The molecule has 0 spiro atoms. The molecule has 0 saturated heterocycles. The lowest BCUT2D eigenvalue weighted by atomic mass is 9.94. The lowest BCUT2D eigenvalue weighted by Crippen LogP contribution is -2.42. The smallest absolute Gasteiger partial charge is 0.326 e. The summed E-state index contributed by atoms with van der Waals surface area (Å²) in [7, 11) is -0.177. The molecule has 3 N–H and O–H groups in total. The van der Waals surface area contributed by atoms with Crippen molar-refractivity contribution >= 4 is 39.2 Å². The van der Waals surface area contributed by atoms with Crippen molar-refractivity contribution in [1.29, 1.82) is 0 Å². The highest BCUT2D eigenvalue weighted by Crippen LogP contribution is 2.30. The van der Waals surface area contributed by atoms with E-state index in [2.05, 4.69) is 10.0 Å². The third-order valence-electron chi connectivity index (χ3n) is 6.42. The number of carboxylic acids is 1. The second-order valence-corrected chi connectivity index (χ2v) is 12.1. The van der Waals surface area contributed by atoms with Gasteiger partial charge in [-0.15, -0.1) is 0 Å². The summed E-state index contributed by atoms with van der Waals surface area (Å²) in [5, 5.41) is 12.7. The maximum Gasteiger partial charge on any atom is 0.326 e. The Labute approximate surface area is 235 Å². The Morgan fingerprint density at radius 1 is 0.923 bits per heavy atom. The Morgan fingerprint density at radius 3 is 2.15 bits per heavy atom. The van der Waals surface area contributed by atoms with E-state index in [1.54, 1.807) is 58.0 Å². The van der Waals surface area contributed by atoms with Crippen molar-refractivity contribution in [3.8, 4) is 11.1 Å². The Kier molecular flexibility index (Phi) is 9.43. The summed E-state index contributed by atoms with van der Waals surface area (Å²) in [6.45, 7) is 7.55. The molecule has 39 heavy (non-hydrogen) atoms. The van der Waals surface area contributed by atoms with Crippen molar-refractivity contribution < 1.29 is 23.1 Å². The lowest BCUT2D eigenvalue weighted by Gasteiger charge is -2.19. The number of aliphatic carboxylic acids is 1. The van der Waals surface area contributed by atoms with E-state index in [4.69, 9.17) is 11.6 Å². The fraction of sp³-hybridized carbons (Fsp3) is 0.310. The summed E-state index contributed by atoms with van der Waals surface area (Å²) in [5.41, 5.74) is 4.92. The third-order valence-corrected chi connectivity index (χ3v) is 8.35. The van der Waals surface area contributed by atoms with E-state index in [1.165, 1.54) is 0 Å². The highest BCUT2D eigenvalue weighted by Gasteiger charge is 2.23. The summed E-state index contributed by atoms with van der Waals surface area (Å²) in [4.78, 5) is 26.7. The van der Waals surface area contributed by atoms with Crippen LogP contribution in [0.25, 0.3) is 11.1 Å². The zero-order chi connectivity index (χ0) is 29.1. The first-order valence-electron chi connectivity index (χ1n) is 12.4. The van der Waals surface area contributed by atoms with Crippen molar-refractivity contribution in [2.45, 2.75) is 45.1 Å². The minimum atomic E-state index is -3.86. The molecule has 0 radical (unpaired) electrons. The number of carbonyl (C=O) groups is 2. The molecule has 8 nitrogen and oxygen atoms in total. The number of hydrogen-bond donors (Lipinski definition) is 3. The standard InChI is InChI=1S/C29H34ClN3O5S/c1-17-15-26(18(2)14-24(17)30)39(37,38)32-23-9-7-8-21(16-23)22-12-19(3)27(20(4)13-22)28(34)31-25(29(35)36)10-11-33(5)6/h7-9,12-16,25,32H,10-11H2,1-6H3,(H,31,34)(H,35,36)/t25-/m0/s1. The number of nitrogens with zero attached hydrogens (tertiary/aromatic N) is 1. The second kappa shape index (κ2) is 12.2. The molecule has 0 fully saturated rings. The van der Waals surface area contributed by atoms with E-state index in [-0.39, 0.29) is 11.3 Å². The summed E-state index contributed by atoms with van der Waals surface area (Å²) < 4.78 is 28.9. The van der Waals surface area contributed by atoms with Crippen LogP contribution in [0.2, 0.25) is 5.02 Å². The molecular formula is C29H34ClN3O5S. The SMILES string of the molecule is Cc1cc(S(=O)(=O)Nc2cccc(-c3cc(C)c(C(=O)N[C@@H](CCN(C)C)C(=O)O)c(C)c3)c2)c(C)cc1Cl. The monoisotopic (exact) mass is 571 g/mol. The molecule has 208 valence electrons. The summed E-state index contributed by atoms with van der Waals surface area (Å²) in [6, 6.07) is 12.8. The first kappa shape index (κ1) is 30.1. The fourth-order valence-electron chi connectivity index (χ4n) is 4.38. The number of rotatable bonds is 10. The maximum atomic E-state index is 13.1. The van der Waals surface area contributed by atoms with Crippen LogP contribution >= 0.6 is 11.6 Å². The molecule has 0 heterocycles. The van der Waals surface area contributed by atoms with Gasteiger partial charge in [-0.25, -0.2) is 13.2 Å². The molecule has 0 saturated carbocycles. The van der Waals surface area contributed by atoms with E-state index in [9.17, 15) is 23.1 Å². The highest BCUT2D eigenvalue weighted by molar-refractivity contribution is 7.92. The summed E-state index contributed by atoms with van der Waals surface area (Å²) in [5.74, 6) is -1.53. The van der Waals surface area contributed by atoms with Gasteiger partial charge < -0.3 is 15.3 Å². The quantitative estimate of drug-likeness (QED) is 0.309. The van der Waals surface area contributed by atoms with Crippen molar-refractivity contribution in [1.82, 2.24) is 10.2 Å². The van der Waals surface area contributed by atoms with Crippen LogP contribution in [0.1, 0.15) is 39.0 Å². The number of sulfonamides is 1. The van der Waals surface area contributed by atoms with Gasteiger partial charge in [-0.3, -0.25) is 9.52 Å². The normalized spacial score (nSPS) is 12.3. The Balaban J connectivity index is 1.87. The third kappa shape index (κ3) is 7.38. The van der Waals surface area contributed by atoms with Gasteiger partial charge in [0.25, 0.3) is 15.9 Å². The van der Waals surface area contributed by atoms with E-state index in [0.717, 1.165) is 11.1 Å². The predicted octanol–water partition coefficient (Wildman–Crippen LogP) is 5.18. The van der Waals surface area contributed by atoms with Crippen molar-refractivity contribution in [3.05, 3.63) is 81.4 Å². The summed E-state index contributed by atoms with van der Waals surface area (Å²) >= 11 is 6.14. The number of carbonyl (C=O) groups excluding carboxylic acids is 1. The average molecular weight is 572 g/mol. The molecule has 0 aliphatic carbocycles. The molecule has 0 bridgehead atoms. The number of amides is 1. The maximum absolute atomic E-state index is 13.1. The Morgan fingerprint density at radius 2 is 1.56 bits per heavy atom. The van der Waals surface area contributed by atoms with Gasteiger partial charge in [-0.1, -0.05) is 35.9 Å². The van der Waals surface area contributed by atoms with Gasteiger partial charge in [0.1, 0.15) is 6.04 Å². The van der Waals surface area contributed by atoms with E-state index in [0.29, 0.717) is 45.1 Å². The Hall–Kier alpha value is -3.40. The van der Waals surface area contributed by atoms with Crippen LogP contribution in [-0.2, 0) is 14.8 Å². The van der Waals surface area contributed by atoms with Crippen LogP contribution in [0.4, 0.5) is 5.69 Å². The number of carboxylic acid groups (broad SMARTS) is 1. The number of nitrogens with one attached hydrogen (secondary N) is 2. The van der Waals surface area contributed by atoms with Gasteiger partial charge in [-0.2, -0.15) is 0 Å². The summed E-state index contributed by atoms with van der Waals surface area (Å²) in [6.07, 6.45) is 0.280. The van der Waals surface area contributed by atoms with Crippen LogP contribution in [0.15, 0.2) is 53.4 Å². The first-order valence-corrected chi connectivity index (χ1v) is 14.3.